The number of benzene rings is 1. The first-order valence-corrected chi connectivity index (χ1v) is 7.89. The number of carbonyl (C=O) groups excluding carboxylic acids is 1. The second kappa shape index (κ2) is 7.34. The third-order valence-electron chi connectivity index (χ3n) is 3.99. The first kappa shape index (κ1) is 15.7. The first-order valence-electron chi connectivity index (χ1n) is 7.89. The standard InChI is InChI=1S/C17H26N2O2/c1-4-8-18-15-12-16(21-3)14(11-13(15)2)17(20)19-9-6-5-7-10-19/h11-12,18H,4-10H2,1-3H3. The van der Waals surface area contributed by atoms with Gasteiger partial charge in [0.25, 0.3) is 5.91 Å². The average molecular weight is 290 g/mol. The van der Waals surface area contributed by atoms with Gasteiger partial charge in [-0.2, -0.15) is 0 Å². The highest BCUT2D eigenvalue weighted by Crippen LogP contribution is 2.29. The van der Waals surface area contributed by atoms with Crippen LogP contribution in [0.15, 0.2) is 12.1 Å². The minimum absolute atomic E-state index is 0.0942. The number of amides is 1. The van der Waals surface area contributed by atoms with Gasteiger partial charge in [0.15, 0.2) is 0 Å². The van der Waals surface area contributed by atoms with Gasteiger partial charge in [-0.15, -0.1) is 0 Å². The number of piperidine rings is 1. The molecule has 2 rings (SSSR count). The molecule has 0 spiro atoms. The molecule has 1 fully saturated rings. The molecule has 4 heteroatoms. The summed E-state index contributed by atoms with van der Waals surface area (Å²) >= 11 is 0. The summed E-state index contributed by atoms with van der Waals surface area (Å²) in [5.41, 5.74) is 2.81. The van der Waals surface area contributed by atoms with Crippen molar-refractivity contribution >= 4 is 11.6 Å². The van der Waals surface area contributed by atoms with Crippen molar-refractivity contribution < 1.29 is 9.53 Å². The summed E-state index contributed by atoms with van der Waals surface area (Å²) in [5.74, 6) is 0.756. The molecule has 1 aromatic carbocycles. The van der Waals surface area contributed by atoms with E-state index in [1.807, 2.05) is 24.0 Å². The third kappa shape index (κ3) is 3.69. The van der Waals surface area contributed by atoms with Crippen molar-refractivity contribution in [3.8, 4) is 5.75 Å². The number of hydrogen-bond acceptors (Lipinski definition) is 3. The van der Waals surface area contributed by atoms with E-state index in [9.17, 15) is 4.79 Å². The summed E-state index contributed by atoms with van der Waals surface area (Å²) < 4.78 is 5.45. The Morgan fingerprint density at radius 3 is 2.62 bits per heavy atom. The maximum atomic E-state index is 12.7. The molecule has 116 valence electrons. The first-order chi connectivity index (χ1) is 10.2. The zero-order valence-corrected chi connectivity index (χ0v) is 13.4. The Hall–Kier alpha value is -1.71. The molecule has 0 aromatic heterocycles. The summed E-state index contributed by atoms with van der Waals surface area (Å²) in [5, 5.41) is 3.38. The van der Waals surface area contributed by atoms with E-state index in [0.717, 1.165) is 50.1 Å². The van der Waals surface area contributed by atoms with E-state index >= 15 is 0 Å². The van der Waals surface area contributed by atoms with E-state index in [1.165, 1.54) is 6.42 Å². The highest BCUT2D eigenvalue weighted by Gasteiger charge is 2.22. The Morgan fingerprint density at radius 1 is 1.29 bits per heavy atom. The zero-order chi connectivity index (χ0) is 15.2. The predicted molar refractivity (Wildman–Crippen MR) is 86.3 cm³/mol. The maximum Gasteiger partial charge on any atom is 0.257 e. The highest BCUT2D eigenvalue weighted by molar-refractivity contribution is 5.98. The van der Waals surface area contributed by atoms with E-state index < -0.39 is 0 Å². The molecule has 1 aliphatic heterocycles. The molecule has 0 bridgehead atoms. The van der Waals surface area contributed by atoms with Crippen molar-refractivity contribution in [2.24, 2.45) is 0 Å². The molecular formula is C17H26N2O2. The molecule has 4 nitrogen and oxygen atoms in total. The fourth-order valence-electron chi connectivity index (χ4n) is 2.74. The second-order valence-corrected chi connectivity index (χ2v) is 5.65. The fourth-order valence-corrected chi connectivity index (χ4v) is 2.74. The van der Waals surface area contributed by atoms with Crippen LogP contribution >= 0.6 is 0 Å². The number of anilines is 1. The molecule has 1 N–H and O–H groups in total. The Morgan fingerprint density at radius 2 is 2.00 bits per heavy atom. The third-order valence-corrected chi connectivity index (χ3v) is 3.99. The molecule has 0 atom stereocenters. The van der Waals surface area contributed by atoms with Crippen molar-refractivity contribution in [1.29, 1.82) is 0 Å². The summed E-state index contributed by atoms with van der Waals surface area (Å²) in [6.07, 6.45) is 4.49. The van der Waals surface area contributed by atoms with Crippen LogP contribution in [0.5, 0.6) is 5.75 Å². The number of aryl methyl sites for hydroxylation is 1. The number of hydrogen-bond donors (Lipinski definition) is 1. The van der Waals surface area contributed by atoms with Crippen molar-refractivity contribution in [1.82, 2.24) is 4.90 Å². The lowest BCUT2D eigenvalue weighted by atomic mass is 10.0. The molecule has 1 aromatic rings. The lowest BCUT2D eigenvalue weighted by Gasteiger charge is -2.27. The van der Waals surface area contributed by atoms with E-state index in [-0.39, 0.29) is 5.91 Å². The van der Waals surface area contributed by atoms with E-state index in [0.29, 0.717) is 11.3 Å². The van der Waals surface area contributed by atoms with Gasteiger partial charge in [0.05, 0.1) is 12.7 Å². The topological polar surface area (TPSA) is 41.6 Å². The van der Waals surface area contributed by atoms with E-state index in [4.69, 9.17) is 4.74 Å². The fraction of sp³-hybridized carbons (Fsp3) is 0.588. The smallest absolute Gasteiger partial charge is 0.257 e. The number of carbonyl (C=O) groups is 1. The number of rotatable bonds is 5. The van der Waals surface area contributed by atoms with Crippen LogP contribution < -0.4 is 10.1 Å². The minimum Gasteiger partial charge on any atom is -0.496 e. The molecule has 0 unspecified atom stereocenters. The lowest BCUT2D eigenvalue weighted by Crippen LogP contribution is -2.35. The minimum atomic E-state index is 0.0942. The largest absolute Gasteiger partial charge is 0.496 e. The Bertz CT molecular complexity index is 494. The molecular weight excluding hydrogens is 264 g/mol. The highest BCUT2D eigenvalue weighted by atomic mass is 16.5. The maximum absolute atomic E-state index is 12.7. The summed E-state index contributed by atoms with van der Waals surface area (Å²) in [6.45, 7) is 6.80. The number of nitrogens with zero attached hydrogens (tertiary/aromatic N) is 1. The van der Waals surface area contributed by atoms with Crippen LogP contribution in [0.2, 0.25) is 0 Å². The molecule has 0 radical (unpaired) electrons. The molecule has 0 aliphatic carbocycles. The van der Waals surface area contributed by atoms with E-state index in [1.54, 1.807) is 7.11 Å². The molecule has 21 heavy (non-hydrogen) atoms. The van der Waals surface area contributed by atoms with Crippen molar-refractivity contribution in [3.05, 3.63) is 23.3 Å². The van der Waals surface area contributed by atoms with Crippen LogP contribution in [-0.4, -0.2) is 37.6 Å². The van der Waals surface area contributed by atoms with Gasteiger partial charge in [-0.05, 0) is 44.2 Å². The van der Waals surface area contributed by atoms with Crippen LogP contribution in [0.1, 0.15) is 48.5 Å². The molecule has 1 aliphatic rings. The number of ether oxygens (including phenoxy) is 1. The molecule has 0 saturated carbocycles. The number of likely N-dealkylation sites (tertiary alicyclic amines) is 1. The van der Waals surface area contributed by atoms with E-state index in [2.05, 4.69) is 12.2 Å². The molecule has 1 heterocycles. The summed E-state index contributed by atoms with van der Waals surface area (Å²) in [7, 11) is 1.63. The second-order valence-electron chi connectivity index (χ2n) is 5.65. The van der Waals surface area contributed by atoms with Gasteiger partial charge in [-0.1, -0.05) is 6.92 Å². The average Bonchev–Trinajstić information content (AvgIpc) is 2.53. The van der Waals surface area contributed by atoms with Crippen molar-refractivity contribution in [3.63, 3.8) is 0 Å². The van der Waals surface area contributed by atoms with Gasteiger partial charge >= 0.3 is 0 Å². The predicted octanol–water partition coefficient (Wildman–Crippen LogP) is 3.45. The van der Waals surface area contributed by atoms with Crippen LogP contribution in [-0.2, 0) is 0 Å². The van der Waals surface area contributed by atoms with Gasteiger partial charge < -0.3 is 15.0 Å². The van der Waals surface area contributed by atoms with Crippen molar-refractivity contribution in [2.75, 3.05) is 32.1 Å². The van der Waals surface area contributed by atoms with Crippen LogP contribution in [0, 0.1) is 6.92 Å². The number of nitrogens with one attached hydrogen (secondary N) is 1. The van der Waals surface area contributed by atoms with Gasteiger partial charge in [0.2, 0.25) is 0 Å². The van der Waals surface area contributed by atoms with Gasteiger partial charge in [-0.25, -0.2) is 0 Å². The Kier molecular flexibility index (Phi) is 5.48. The lowest BCUT2D eigenvalue weighted by molar-refractivity contribution is 0.0721. The van der Waals surface area contributed by atoms with Gasteiger partial charge in [0.1, 0.15) is 5.75 Å². The monoisotopic (exact) mass is 290 g/mol. The number of methoxy groups -OCH3 is 1. The Balaban J connectivity index is 2.25. The van der Waals surface area contributed by atoms with Crippen molar-refractivity contribution in [2.45, 2.75) is 39.5 Å². The molecule has 1 amide bonds. The quantitative estimate of drug-likeness (QED) is 0.903. The SMILES string of the molecule is CCCNc1cc(OC)c(C(=O)N2CCCCC2)cc1C. The Labute approximate surface area is 127 Å². The molecule has 1 saturated heterocycles. The zero-order valence-electron chi connectivity index (χ0n) is 13.4. The van der Waals surface area contributed by atoms with Gasteiger partial charge in [0, 0.05) is 31.4 Å². The van der Waals surface area contributed by atoms with Crippen LogP contribution in [0.3, 0.4) is 0 Å². The van der Waals surface area contributed by atoms with Crippen LogP contribution in [0.4, 0.5) is 5.69 Å². The summed E-state index contributed by atoms with van der Waals surface area (Å²) in [6, 6.07) is 3.90. The summed E-state index contributed by atoms with van der Waals surface area (Å²) in [4.78, 5) is 14.6. The normalized spacial score (nSPS) is 14.9. The van der Waals surface area contributed by atoms with Gasteiger partial charge in [-0.3, -0.25) is 4.79 Å². The van der Waals surface area contributed by atoms with Crippen LogP contribution in [0.25, 0.3) is 0 Å².